The molecule has 0 aromatic carbocycles. The summed E-state index contributed by atoms with van der Waals surface area (Å²) in [6.45, 7) is 9.42. The summed E-state index contributed by atoms with van der Waals surface area (Å²) in [6.07, 6.45) is 2.76. The molecule has 2 atom stereocenters. The highest BCUT2D eigenvalue weighted by atomic mass is 35.5. The van der Waals surface area contributed by atoms with Crippen LogP contribution in [0.1, 0.15) is 44.3 Å². The number of rotatable bonds is 4. The van der Waals surface area contributed by atoms with Gasteiger partial charge in [-0.25, -0.2) is 4.98 Å². The minimum Gasteiger partial charge on any atom is -0.316 e. The van der Waals surface area contributed by atoms with Crippen LogP contribution in [-0.2, 0) is 11.2 Å². The van der Waals surface area contributed by atoms with Crippen molar-refractivity contribution in [2.45, 2.75) is 53.0 Å². The minimum atomic E-state index is 0. The molecule has 2 N–H and O–H groups in total. The van der Waals surface area contributed by atoms with Gasteiger partial charge in [0.15, 0.2) is 0 Å². The van der Waals surface area contributed by atoms with Crippen molar-refractivity contribution in [2.75, 3.05) is 11.9 Å². The summed E-state index contributed by atoms with van der Waals surface area (Å²) in [4.78, 5) is 17.0. The number of anilines is 1. The normalized spacial score (nSPS) is 22.0. The Morgan fingerprint density at radius 2 is 2.24 bits per heavy atom. The Balaban J connectivity index is 0.00000220. The van der Waals surface area contributed by atoms with Crippen LogP contribution in [0.4, 0.5) is 5.00 Å². The number of carbonyl (C=O) groups is 1. The van der Waals surface area contributed by atoms with Crippen molar-refractivity contribution >= 4 is 34.7 Å². The molecular weight excluding hydrogens is 306 g/mol. The summed E-state index contributed by atoms with van der Waals surface area (Å²) in [5.41, 5.74) is 1.04. The third-order valence-electron chi connectivity index (χ3n) is 3.64. The highest BCUT2D eigenvalue weighted by molar-refractivity contribution is 7.16. The molecule has 0 saturated carbocycles. The van der Waals surface area contributed by atoms with Gasteiger partial charge < -0.3 is 10.6 Å². The summed E-state index contributed by atoms with van der Waals surface area (Å²) < 4.78 is 0. The largest absolute Gasteiger partial charge is 0.316 e. The van der Waals surface area contributed by atoms with Gasteiger partial charge in [-0.2, -0.15) is 0 Å². The number of nitrogens with zero attached hydrogens (tertiary/aromatic N) is 1. The van der Waals surface area contributed by atoms with Gasteiger partial charge in [0.2, 0.25) is 5.91 Å². The Labute approximate surface area is 137 Å². The summed E-state index contributed by atoms with van der Waals surface area (Å²) in [6, 6.07) is 0.429. The third kappa shape index (κ3) is 5.24. The van der Waals surface area contributed by atoms with Gasteiger partial charge in [-0.05, 0) is 45.6 Å². The van der Waals surface area contributed by atoms with E-state index >= 15 is 0 Å². The predicted molar refractivity (Wildman–Crippen MR) is 91.5 cm³/mol. The van der Waals surface area contributed by atoms with Crippen molar-refractivity contribution in [2.24, 2.45) is 11.8 Å². The fraction of sp³-hybridized carbons (Fsp3) is 0.733. The van der Waals surface area contributed by atoms with Crippen molar-refractivity contribution in [1.82, 2.24) is 10.3 Å². The molecule has 1 aliphatic rings. The van der Waals surface area contributed by atoms with Gasteiger partial charge in [0.05, 0.1) is 10.7 Å². The number of hydrogen-bond donors (Lipinski definition) is 2. The number of piperidine rings is 1. The highest BCUT2D eigenvalue weighted by Crippen LogP contribution is 2.28. The maximum absolute atomic E-state index is 12.4. The van der Waals surface area contributed by atoms with Crippen LogP contribution in [-0.4, -0.2) is 23.5 Å². The number of nitrogens with one attached hydrogen (secondary N) is 2. The van der Waals surface area contributed by atoms with E-state index < -0.39 is 0 Å². The average Bonchev–Trinajstić information content (AvgIpc) is 2.68. The first-order valence-corrected chi connectivity index (χ1v) is 8.28. The Bertz CT molecular complexity index is 475. The summed E-state index contributed by atoms with van der Waals surface area (Å²) in [7, 11) is 0. The van der Waals surface area contributed by atoms with Crippen LogP contribution in [0.15, 0.2) is 0 Å². The lowest BCUT2D eigenvalue weighted by atomic mass is 9.92. The first-order chi connectivity index (χ1) is 9.45. The molecule has 6 heteroatoms. The SMILES string of the molecule is Cc1nc(CC(C)C)c(NC(=O)[C@H]2CCN[C@@H](C)C2)s1.Cl. The van der Waals surface area contributed by atoms with E-state index in [0.29, 0.717) is 12.0 Å². The maximum Gasteiger partial charge on any atom is 0.228 e. The molecule has 1 fully saturated rings. The topological polar surface area (TPSA) is 54.0 Å². The fourth-order valence-corrected chi connectivity index (χ4v) is 3.53. The zero-order valence-corrected chi connectivity index (χ0v) is 14.9. The molecule has 0 aliphatic carbocycles. The Kier molecular flexibility index (Phi) is 7.10. The van der Waals surface area contributed by atoms with E-state index in [1.165, 1.54) is 0 Å². The summed E-state index contributed by atoms with van der Waals surface area (Å²) >= 11 is 1.59. The van der Waals surface area contributed by atoms with E-state index in [-0.39, 0.29) is 24.2 Å². The number of aryl methyl sites for hydroxylation is 1. The van der Waals surface area contributed by atoms with E-state index in [2.05, 4.69) is 36.4 Å². The standard InChI is InChI=1S/C15H25N3OS.ClH/c1-9(2)7-13-15(20-11(4)17-13)18-14(19)12-5-6-16-10(3)8-12;/h9-10,12,16H,5-8H2,1-4H3,(H,18,19);1H/t10-,12-;/m0./s1. The smallest absolute Gasteiger partial charge is 0.228 e. The summed E-state index contributed by atoms with van der Waals surface area (Å²) in [5, 5.41) is 8.47. The van der Waals surface area contributed by atoms with Crippen LogP contribution in [0.3, 0.4) is 0 Å². The van der Waals surface area contributed by atoms with Crippen LogP contribution in [0.2, 0.25) is 0 Å². The molecule has 1 saturated heterocycles. The van der Waals surface area contributed by atoms with Gasteiger partial charge in [-0.3, -0.25) is 4.79 Å². The molecule has 1 aromatic rings. The van der Waals surface area contributed by atoms with Crippen LogP contribution >= 0.6 is 23.7 Å². The number of aromatic nitrogens is 1. The van der Waals surface area contributed by atoms with Gasteiger partial charge in [0, 0.05) is 12.0 Å². The van der Waals surface area contributed by atoms with Gasteiger partial charge in [-0.1, -0.05) is 13.8 Å². The molecule has 1 aliphatic heterocycles. The molecule has 21 heavy (non-hydrogen) atoms. The maximum atomic E-state index is 12.4. The minimum absolute atomic E-state index is 0. The average molecular weight is 332 g/mol. The first kappa shape index (κ1) is 18.4. The number of thiazole rings is 1. The highest BCUT2D eigenvalue weighted by Gasteiger charge is 2.25. The Morgan fingerprint density at radius 1 is 1.52 bits per heavy atom. The van der Waals surface area contributed by atoms with E-state index in [4.69, 9.17) is 0 Å². The molecular formula is C15H26ClN3OS. The van der Waals surface area contributed by atoms with Gasteiger partial charge >= 0.3 is 0 Å². The lowest BCUT2D eigenvalue weighted by Crippen LogP contribution is -2.40. The second-order valence-corrected chi connectivity index (χ2v) is 7.38. The van der Waals surface area contributed by atoms with Crippen molar-refractivity contribution in [3.05, 3.63) is 10.7 Å². The van der Waals surface area contributed by atoms with E-state index in [1.807, 2.05) is 6.92 Å². The van der Waals surface area contributed by atoms with Gasteiger partial charge in [0.25, 0.3) is 0 Å². The Hall–Kier alpha value is -0.650. The number of carbonyl (C=O) groups excluding carboxylic acids is 1. The lowest BCUT2D eigenvalue weighted by Gasteiger charge is -2.27. The quantitative estimate of drug-likeness (QED) is 0.889. The fourth-order valence-electron chi connectivity index (χ4n) is 2.68. The van der Waals surface area contributed by atoms with E-state index in [9.17, 15) is 4.79 Å². The number of halogens is 1. The molecule has 1 amide bonds. The van der Waals surface area contributed by atoms with Crippen molar-refractivity contribution in [1.29, 1.82) is 0 Å². The number of amides is 1. The molecule has 1 aromatic heterocycles. The van der Waals surface area contributed by atoms with Gasteiger partial charge in [-0.15, -0.1) is 23.7 Å². The molecule has 120 valence electrons. The Morgan fingerprint density at radius 3 is 2.86 bits per heavy atom. The first-order valence-electron chi connectivity index (χ1n) is 7.46. The third-order valence-corrected chi connectivity index (χ3v) is 4.57. The molecule has 2 heterocycles. The van der Waals surface area contributed by atoms with Crippen LogP contribution < -0.4 is 10.6 Å². The molecule has 4 nitrogen and oxygen atoms in total. The molecule has 2 rings (SSSR count). The van der Waals surface area contributed by atoms with Crippen LogP contribution in [0.5, 0.6) is 0 Å². The number of hydrogen-bond acceptors (Lipinski definition) is 4. The van der Waals surface area contributed by atoms with Gasteiger partial charge in [0.1, 0.15) is 5.00 Å². The van der Waals surface area contributed by atoms with Crippen molar-refractivity contribution < 1.29 is 4.79 Å². The van der Waals surface area contributed by atoms with Crippen molar-refractivity contribution in [3.8, 4) is 0 Å². The molecule has 0 radical (unpaired) electrons. The van der Waals surface area contributed by atoms with Crippen molar-refractivity contribution in [3.63, 3.8) is 0 Å². The lowest BCUT2D eigenvalue weighted by molar-refractivity contribution is -0.120. The van der Waals surface area contributed by atoms with E-state index in [0.717, 1.165) is 41.5 Å². The zero-order valence-electron chi connectivity index (χ0n) is 13.2. The van der Waals surface area contributed by atoms with Crippen LogP contribution in [0.25, 0.3) is 0 Å². The zero-order chi connectivity index (χ0) is 14.7. The molecule has 0 spiro atoms. The van der Waals surface area contributed by atoms with Crippen LogP contribution in [0, 0.1) is 18.8 Å². The second kappa shape index (κ2) is 8.11. The molecule has 0 bridgehead atoms. The monoisotopic (exact) mass is 331 g/mol. The van der Waals surface area contributed by atoms with E-state index in [1.54, 1.807) is 11.3 Å². The second-order valence-electron chi connectivity index (χ2n) is 6.17. The summed E-state index contributed by atoms with van der Waals surface area (Å²) in [5.74, 6) is 0.832. The molecule has 0 unspecified atom stereocenters. The predicted octanol–water partition coefficient (Wildman–Crippen LogP) is 3.40.